The summed E-state index contributed by atoms with van der Waals surface area (Å²) in [6.45, 7) is 0. The predicted octanol–water partition coefficient (Wildman–Crippen LogP) is 1.69. The molecule has 0 spiro atoms. The molecule has 72 valence electrons. The highest BCUT2D eigenvalue weighted by Gasteiger charge is 2.18. The maximum absolute atomic E-state index is 4.33. The Hall–Kier alpha value is -1.58. The van der Waals surface area contributed by atoms with Crippen LogP contribution in [0.3, 0.4) is 0 Å². The van der Waals surface area contributed by atoms with Gasteiger partial charge in [-0.3, -0.25) is 0 Å². The zero-order chi connectivity index (χ0) is 9.38. The molecule has 0 saturated heterocycles. The van der Waals surface area contributed by atoms with E-state index in [0.29, 0.717) is 6.04 Å². The van der Waals surface area contributed by atoms with Gasteiger partial charge in [0.25, 0.3) is 0 Å². The third kappa shape index (κ3) is 1.14. The van der Waals surface area contributed by atoms with Crippen LogP contribution in [0.5, 0.6) is 0 Å². The van der Waals surface area contributed by atoms with E-state index in [-0.39, 0.29) is 0 Å². The molecule has 0 radical (unpaired) electrons. The third-order valence-electron chi connectivity index (χ3n) is 2.77. The second-order valence-corrected chi connectivity index (χ2v) is 3.71. The lowest BCUT2D eigenvalue weighted by Crippen LogP contribution is -2.27. The largest absolute Gasteiger partial charge is 0.366 e. The van der Waals surface area contributed by atoms with Crippen molar-refractivity contribution in [2.75, 3.05) is 5.32 Å². The second-order valence-electron chi connectivity index (χ2n) is 3.71. The molecule has 1 aliphatic carbocycles. The van der Waals surface area contributed by atoms with Gasteiger partial charge >= 0.3 is 0 Å². The van der Waals surface area contributed by atoms with Gasteiger partial charge in [-0.15, -0.1) is 0 Å². The number of anilines is 1. The summed E-state index contributed by atoms with van der Waals surface area (Å²) in [4.78, 5) is 4.33. The molecular formula is C10H12N4. The van der Waals surface area contributed by atoms with Crippen LogP contribution >= 0.6 is 0 Å². The topological polar surface area (TPSA) is 42.2 Å². The number of fused-ring (bicyclic) bond motifs is 1. The molecule has 1 saturated carbocycles. The lowest BCUT2D eigenvalue weighted by Gasteiger charge is -2.26. The fraction of sp³-hybridized carbons (Fsp3) is 0.400. The van der Waals surface area contributed by atoms with Crippen LogP contribution in [0, 0.1) is 0 Å². The zero-order valence-electron chi connectivity index (χ0n) is 7.85. The summed E-state index contributed by atoms with van der Waals surface area (Å²) in [6.07, 6.45) is 9.29. The van der Waals surface area contributed by atoms with Crippen LogP contribution in [0.15, 0.2) is 24.7 Å². The van der Waals surface area contributed by atoms with E-state index >= 15 is 0 Å². The molecule has 0 bridgehead atoms. The minimum Gasteiger partial charge on any atom is -0.366 e. The molecule has 0 aliphatic heterocycles. The molecule has 2 aromatic heterocycles. The molecule has 1 fully saturated rings. The highest BCUT2D eigenvalue weighted by Crippen LogP contribution is 2.23. The van der Waals surface area contributed by atoms with Gasteiger partial charge in [0.15, 0.2) is 5.82 Å². The Balaban J connectivity index is 1.97. The van der Waals surface area contributed by atoms with E-state index in [1.807, 2.05) is 16.8 Å². The first kappa shape index (κ1) is 7.79. The molecule has 2 aromatic rings. The van der Waals surface area contributed by atoms with E-state index in [2.05, 4.69) is 15.4 Å². The number of aromatic nitrogens is 3. The molecule has 0 atom stereocenters. The van der Waals surface area contributed by atoms with E-state index in [0.717, 1.165) is 11.3 Å². The molecule has 3 rings (SSSR count). The molecule has 2 heterocycles. The maximum atomic E-state index is 4.33. The lowest BCUT2D eigenvalue weighted by atomic mass is 9.93. The Morgan fingerprint density at radius 1 is 1.36 bits per heavy atom. The smallest absolute Gasteiger partial charge is 0.152 e. The Morgan fingerprint density at radius 3 is 3.07 bits per heavy atom. The highest BCUT2D eigenvalue weighted by molar-refractivity contribution is 5.67. The summed E-state index contributed by atoms with van der Waals surface area (Å²) in [6, 6.07) is 2.59. The highest BCUT2D eigenvalue weighted by atomic mass is 15.2. The SMILES string of the molecule is c1cn2nccc2c(NC2CCC2)n1. The Labute approximate surface area is 82.0 Å². The van der Waals surface area contributed by atoms with E-state index in [1.165, 1.54) is 19.3 Å². The van der Waals surface area contributed by atoms with Crippen LogP contribution in [0.25, 0.3) is 5.52 Å². The van der Waals surface area contributed by atoms with Gasteiger partial charge in [-0.05, 0) is 25.3 Å². The number of nitrogens with one attached hydrogen (secondary N) is 1. The van der Waals surface area contributed by atoms with Crippen molar-refractivity contribution in [3.05, 3.63) is 24.7 Å². The first-order valence-corrected chi connectivity index (χ1v) is 4.98. The van der Waals surface area contributed by atoms with Gasteiger partial charge in [-0.2, -0.15) is 5.10 Å². The van der Waals surface area contributed by atoms with Crippen LogP contribution in [0.4, 0.5) is 5.82 Å². The number of rotatable bonds is 2. The minimum absolute atomic E-state index is 0.614. The molecule has 14 heavy (non-hydrogen) atoms. The fourth-order valence-electron chi connectivity index (χ4n) is 1.71. The molecule has 4 nitrogen and oxygen atoms in total. The van der Waals surface area contributed by atoms with Crippen molar-refractivity contribution < 1.29 is 0 Å². The van der Waals surface area contributed by atoms with Crippen LogP contribution < -0.4 is 5.32 Å². The van der Waals surface area contributed by atoms with Gasteiger partial charge in [0.05, 0.1) is 6.20 Å². The summed E-state index contributed by atoms with van der Waals surface area (Å²) in [7, 11) is 0. The standard InChI is InChI=1S/C10H12N4/c1-2-8(3-1)13-10-9-4-5-12-14(9)7-6-11-10/h4-8H,1-3H2,(H,11,13). The van der Waals surface area contributed by atoms with Gasteiger partial charge < -0.3 is 5.32 Å². The number of nitrogens with zero attached hydrogens (tertiary/aromatic N) is 3. The summed E-state index contributed by atoms with van der Waals surface area (Å²) < 4.78 is 1.84. The zero-order valence-corrected chi connectivity index (χ0v) is 7.85. The average Bonchev–Trinajstić information content (AvgIpc) is 2.59. The van der Waals surface area contributed by atoms with E-state index < -0.39 is 0 Å². The quantitative estimate of drug-likeness (QED) is 0.779. The molecule has 0 unspecified atom stereocenters. The van der Waals surface area contributed by atoms with Crippen molar-refractivity contribution in [1.82, 2.24) is 14.6 Å². The Kier molecular flexibility index (Phi) is 1.65. The van der Waals surface area contributed by atoms with Crippen LogP contribution in [0.1, 0.15) is 19.3 Å². The normalized spacial score (nSPS) is 16.9. The van der Waals surface area contributed by atoms with Gasteiger partial charge in [-0.25, -0.2) is 9.50 Å². The monoisotopic (exact) mass is 188 g/mol. The van der Waals surface area contributed by atoms with Gasteiger partial charge in [0, 0.05) is 18.4 Å². The van der Waals surface area contributed by atoms with Gasteiger partial charge in [-0.1, -0.05) is 0 Å². The van der Waals surface area contributed by atoms with E-state index in [9.17, 15) is 0 Å². The molecule has 0 amide bonds. The van der Waals surface area contributed by atoms with Crippen molar-refractivity contribution in [2.45, 2.75) is 25.3 Å². The fourth-order valence-corrected chi connectivity index (χ4v) is 1.71. The predicted molar refractivity (Wildman–Crippen MR) is 54.2 cm³/mol. The maximum Gasteiger partial charge on any atom is 0.152 e. The average molecular weight is 188 g/mol. The Bertz CT molecular complexity index is 444. The van der Waals surface area contributed by atoms with Crippen molar-refractivity contribution >= 4 is 11.3 Å². The van der Waals surface area contributed by atoms with Crippen LogP contribution in [-0.2, 0) is 0 Å². The van der Waals surface area contributed by atoms with Crippen molar-refractivity contribution in [2.24, 2.45) is 0 Å². The summed E-state index contributed by atoms with van der Waals surface area (Å²) in [5, 5.41) is 7.60. The number of hydrogen-bond acceptors (Lipinski definition) is 3. The molecule has 1 N–H and O–H groups in total. The van der Waals surface area contributed by atoms with Crippen LogP contribution in [0.2, 0.25) is 0 Å². The van der Waals surface area contributed by atoms with E-state index in [4.69, 9.17) is 0 Å². The first-order valence-electron chi connectivity index (χ1n) is 4.98. The molecular weight excluding hydrogens is 176 g/mol. The summed E-state index contributed by atoms with van der Waals surface area (Å²) in [5.74, 6) is 0.953. The minimum atomic E-state index is 0.614. The second kappa shape index (κ2) is 2.97. The molecule has 0 aromatic carbocycles. The van der Waals surface area contributed by atoms with Gasteiger partial charge in [0.2, 0.25) is 0 Å². The van der Waals surface area contributed by atoms with Gasteiger partial charge in [0.1, 0.15) is 5.52 Å². The van der Waals surface area contributed by atoms with Crippen molar-refractivity contribution in [3.8, 4) is 0 Å². The summed E-state index contributed by atoms with van der Waals surface area (Å²) >= 11 is 0. The van der Waals surface area contributed by atoms with Crippen molar-refractivity contribution in [3.63, 3.8) is 0 Å². The van der Waals surface area contributed by atoms with E-state index in [1.54, 1.807) is 12.4 Å². The number of hydrogen-bond donors (Lipinski definition) is 1. The lowest BCUT2D eigenvalue weighted by molar-refractivity contribution is 0.444. The molecule has 4 heteroatoms. The summed E-state index contributed by atoms with van der Waals surface area (Å²) in [5.41, 5.74) is 1.06. The first-order chi connectivity index (χ1) is 6.93. The third-order valence-corrected chi connectivity index (χ3v) is 2.77. The Morgan fingerprint density at radius 2 is 2.29 bits per heavy atom. The van der Waals surface area contributed by atoms with Crippen molar-refractivity contribution in [1.29, 1.82) is 0 Å². The molecule has 1 aliphatic rings. The van der Waals surface area contributed by atoms with Crippen LogP contribution in [-0.4, -0.2) is 20.6 Å².